The van der Waals surface area contributed by atoms with Crippen LogP contribution in [0, 0.1) is 0 Å². The largest absolute Gasteiger partial charge is 0.484 e. The van der Waals surface area contributed by atoms with E-state index in [9.17, 15) is 9.59 Å². The topological polar surface area (TPSA) is 80.6 Å². The zero-order chi connectivity index (χ0) is 15.8. The number of furan rings is 1. The lowest BCUT2D eigenvalue weighted by Gasteiger charge is -2.08. The Morgan fingerprint density at radius 3 is 2.77 bits per heavy atom. The Morgan fingerprint density at radius 2 is 2.05 bits per heavy atom. The molecule has 2 N–H and O–H groups in total. The van der Waals surface area contributed by atoms with E-state index in [1.165, 1.54) is 0 Å². The van der Waals surface area contributed by atoms with Crippen LogP contribution < -0.4 is 15.4 Å². The van der Waals surface area contributed by atoms with Crippen molar-refractivity contribution in [2.75, 3.05) is 19.0 Å². The fourth-order valence-electron chi connectivity index (χ4n) is 1.80. The second-order valence-electron chi connectivity index (χ2n) is 4.62. The minimum Gasteiger partial charge on any atom is -0.484 e. The number of nitrogens with one attached hydrogen (secondary N) is 2. The first-order valence-electron chi connectivity index (χ1n) is 6.93. The molecule has 0 aliphatic heterocycles. The van der Waals surface area contributed by atoms with Crippen molar-refractivity contribution in [2.45, 2.75) is 12.8 Å². The molecule has 0 fully saturated rings. The zero-order valence-electron chi connectivity index (χ0n) is 12.3. The number of amides is 2. The Labute approximate surface area is 128 Å². The average Bonchev–Trinajstić information content (AvgIpc) is 3.04. The van der Waals surface area contributed by atoms with Crippen LogP contribution in [0.15, 0.2) is 47.1 Å². The summed E-state index contributed by atoms with van der Waals surface area (Å²) in [4.78, 5) is 23.0. The summed E-state index contributed by atoms with van der Waals surface area (Å²) in [5, 5.41) is 5.25. The van der Waals surface area contributed by atoms with Gasteiger partial charge in [-0.3, -0.25) is 9.59 Å². The van der Waals surface area contributed by atoms with Crippen LogP contribution in [0.4, 0.5) is 5.69 Å². The monoisotopic (exact) mass is 302 g/mol. The highest BCUT2D eigenvalue weighted by Crippen LogP contribution is 2.17. The van der Waals surface area contributed by atoms with Gasteiger partial charge in [-0.2, -0.15) is 0 Å². The molecule has 22 heavy (non-hydrogen) atoms. The molecule has 6 nitrogen and oxygen atoms in total. The van der Waals surface area contributed by atoms with Crippen molar-refractivity contribution in [3.8, 4) is 5.75 Å². The van der Waals surface area contributed by atoms with Crippen LogP contribution in [-0.2, 0) is 16.0 Å². The summed E-state index contributed by atoms with van der Waals surface area (Å²) in [5.41, 5.74) is 0.624. The Hall–Kier alpha value is -2.76. The van der Waals surface area contributed by atoms with Gasteiger partial charge in [0.05, 0.1) is 6.26 Å². The third-order valence-electron chi connectivity index (χ3n) is 2.95. The molecule has 116 valence electrons. The maximum atomic E-state index is 11.9. The van der Waals surface area contributed by atoms with E-state index < -0.39 is 0 Å². The molecule has 0 aliphatic rings. The number of hydrogen-bond donors (Lipinski definition) is 2. The fraction of sp³-hybridized carbons (Fsp3) is 0.250. The summed E-state index contributed by atoms with van der Waals surface area (Å²) in [6.45, 7) is -0.0631. The van der Waals surface area contributed by atoms with E-state index in [0.29, 0.717) is 24.3 Å². The summed E-state index contributed by atoms with van der Waals surface area (Å²) < 4.78 is 10.5. The highest BCUT2D eigenvalue weighted by molar-refractivity contribution is 5.91. The molecule has 0 unspecified atom stereocenters. The summed E-state index contributed by atoms with van der Waals surface area (Å²) in [6.07, 6.45) is 2.46. The normalized spacial score (nSPS) is 10.0. The Bertz CT molecular complexity index is 623. The molecular weight excluding hydrogens is 284 g/mol. The molecule has 0 bridgehead atoms. The predicted molar refractivity (Wildman–Crippen MR) is 81.7 cm³/mol. The van der Waals surface area contributed by atoms with Crippen LogP contribution in [0.1, 0.15) is 12.2 Å². The summed E-state index contributed by atoms with van der Waals surface area (Å²) >= 11 is 0. The summed E-state index contributed by atoms with van der Waals surface area (Å²) in [7, 11) is 1.54. The highest BCUT2D eigenvalue weighted by atomic mass is 16.5. The van der Waals surface area contributed by atoms with E-state index in [-0.39, 0.29) is 18.4 Å². The number of likely N-dealkylation sites (N-methyl/N-ethyl adjacent to an activating group) is 1. The molecule has 0 saturated heterocycles. The van der Waals surface area contributed by atoms with Gasteiger partial charge in [-0.15, -0.1) is 0 Å². The Kier molecular flexibility index (Phi) is 5.59. The molecule has 2 amide bonds. The molecule has 2 rings (SSSR count). The van der Waals surface area contributed by atoms with Crippen molar-refractivity contribution in [1.82, 2.24) is 5.32 Å². The van der Waals surface area contributed by atoms with Gasteiger partial charge >= 0.3 is 0 Å². The van der Waals surface area contributed by atoms with Gasteiger partial charge in [-0.05, 0) is 24.3 Å². The summed E-state index contributed by atoms with van der Waals surface area (Å²) in [5.74, 6) is 0.970. The molecule has 0 aliphatic carbocycles. The smallest absolute Gasteiger partial charge is 0.257 e. The SMILES string of the molecule is CNC(=O)COc1cccc(NC(=O)CCc2ccco2)c1. The number of hydrogen-bond acceptors (Lipinski definition) is 4. The Morgan fingerprint density at radius 1 is 1.18 bits per heavy atom. The van der Waals surface area contributed by atoms with E-state index >= 15 is 0 Å². The standard InChI is InChI=1S/C16H18N2O4/c1-17-16(20)11-22-14-5-2-4-12(10-14)18-15(19)8-7-13-6-3-9-21-13/h2-6,9-10H,7-8,11H2,1H3,(H,17,20)(H,18,19). The molecule has 0 radical (unpaired) electrons. The van der Waals surface area contributed by atoms with Gasteiger partial charge < -0.3 is 19.8 Å². The molecule has 1 heterocycles. The van der Waals surface area contributed by atoms with Gasteiger partial charge in [0.15, 0.2) is 6.61 Å². The first-order chi connectivity index (χ1) is 10.7. The van der Waals surface area contributed by atoms with Gasteiger partial charge in [0.1, 0.15) is 11.5 Å². The predicted octanol–water partition coefficient (Wildman–Crippen LogP) is 1.98. The fourth-order valence-corrected chi connectivity index (χ4v) is 1.80. The molecule has 1 aromatic carbocycles. The van der Waals surface area contributed by atoms with Gasteiger partial charge in [0.2, 0.25) is 5.91 Å². The van der Waals surface area contributed by atoms with Crippen LogP contribution in [0.2, 0.25) is 0 Å². The van der Waals surface area contributed by atoms with Crippen molar-refractivity contribution in [3.63, 3.8) is 0 Å². The first-order valence-corrected chi connectivity index (χ1v) is 6.93. The Balaban J connectivity index is 1.84. The quantitative estimate of drug-likeness (QED) is 0.819. The van der Waals surface area contributed by atoms with Crippen LogP contribution >= 0.6 is 0 Å². The van der Waals surface area contributed by atoms with Crippen molar-refractivity contribution in [3.05, 3.63) is 48.4 Å². The van der Waals surface area contributed by atoms with Crippen LogP contribution in [-0.4, -0.2) is 25.5 Å². The van der Waals surface area contributed by atoms with Crippen LogP contribution in [0.3, 0.4) is 0 Å². The number of rotatable bonds is 7. The van der Waals surface area contributed by atoms with Gasteiger partial charge in [0, 0.05) is 31.6 Å². The maximum absolute atomic E-state index is 11.9. The third kappa shape index (κ3) is 4.97. The highest BCUT2D eigenvalue weighted by Gasteiger charge is 2.06. The minimum atomic E-state index is -0.215. The molecule has 0 spiro atoms. The summed E-state index contributed by atoms with van der Waals surface area (Å²) in [6, 6.07) is 10.5. The molecule has 1 aromatic heterocycles. The van der Waals surface area contributed by atoms with Gasteiger partial charge in [-0.1, -0.05) is 6.07 Å². The van der Waals surface area contributed by atoms with Crippen molar-refractivity contribution in [2.24, 2.45) is 0 Å². The van der Waals surface area contributed by atoms with Crippen LogP contribution in [0.25, 0.3) is 0 Å². The van der Waals surface area contributed by atoms with Crippen molar-refractivity contribution < 1.29 is 18.7 Å². The lowest BCUT2D eigenvalue weighted by molar-refractivity contribution is -0.122. The van der Waals surface area contributed by atoms with Crippen molar-refractivity contribution >= 4 is 17.5 Å². The van der Waals surface area contributed by atoms with Crippen LogP contribution in [0.5, 0.6) is 5.75 Å². The first kappa shape index (κ1) is 15.6. The number of aryl methyl sites for hydroxylation is 1. The lowest BCUT2D eigenvalue weighted by atomic mass is 10.2. The zero-order valence-corrected chi connectivity index (χ0v) is 12.3. The van der Waals surface area contributed by atoms with Crippen molar-refractivity contribution in [1.29, 1.82) is 0 Å². The van der Waals surface area contributed by atoms with E-state index in [1.54, 1.807) is 43.6 Å². The molecule has 0 atom stereocenters. The van der Waals surface area contributed by atoms with E-state index in [4.69, 9.17) is 9.15 Å². The minimum absolute atomic E-state index is 0.0631. The number of anilines is 1. The number of carbonyl (C=O) groups excluding carboxylic acids is 2. The maximum Gasteiger partial charge on any atom is 0.257 e. The average molecular weight is 302 g/mol. The molecule has 6 heteroatoms. The van der Waals surface area contributed by atoms with Gasteiger partial charge in [0.25, 0.3) is 5.91 Å². The van der Waals surface area contributed by atoms with E-state index in [1.807, 2.05) is 6.07 Å². The molecule has 2 aromatic rings. The number of ether oxygens (including phenoxy) is 1. The van der Waals surface area contributed by atoms with E-state index in [0.717, 1.165) is 5.76 Å². The van der Waals surface area contributed by atoms with Gasteiger partial charge in [-0.25, -0.2) is 0 Å². The number of benzene rings is 1. The molecule has 0 saturated carbocycles. The van der Waals surface area contributed by atoms with E-state index in [2.05, 4.69) is 10.6 Å². The lowest BCUT2D eigenvalue weighted by Crippen LogP contribution is -2.24. The second kappa shape index (κ2) is 7.87. The third-order valence-corrected chi connectivity index (χ3v) is 2.95. The molecular formula is C16H18N2O4. The second-order valence-corrected chi connectivity index (χ2v) is 4.62. The number of carbonyl (C=O) groups is 2.